The van der Waals surface area contributed by atoms with Gasteiger partial charge in [0, 0.05) is 17.1 Å². The van der Waals surface area contributed by atoms with Crippen molar-refractivity contribution >= 4 is 35.5 Å². The van der Waals surface area contributed by atoms with Gasteiger partial charge in [0.2, 0.25) is 0 Å². The van der Waals surface area contributed by atoms with Crippen molar-refractivity contribution < 1.29 is 4.79 Å². The molecule has 0 aliphatic carbocycles. The summed E-state index contributed by atoms with van der Waals surface area (Å²) in [4.78, 5) is 12.2. The van der Waals surface area contributed by atoms with E-state index in [1.165, 1.54) is 17.3 Å². The van der Waals surface area contributed by atoms with Gasteiger partial charge in [-0.3, -0.25) is 4.79 Å². The molecule has 0 saturated carbocycles. The quantitative estimate of drug-likeness (QED) is 0.303. The number of hydrogen-bond donors (Lipinski definition) is 1. The lowest BCUT2D eigenvalue weighted by Crippen LogP contribution is -2.20. The number of aromatic nitrogens is 3. The summed E-state index contributed by atoms with van der Waals surface area (Å²) in [5.74, 6) is 0.740. The first-order chi connectivity index (χ1) is 14.8. The standard InChI is InChI=1S/C23H26ClN5OS/c1-5-29-21(17-8-12-19(24)13-9-17)27-28-22(29)31-15-20(30)26-25-14-16-6-10-18(11-7-16)23(2,3)4/h6-14H,5,15H2,1-4H3,(H,26,30). The lowest BCUT2D eigenvalue weighted by molar-refractivity contribution is -0.118. The van der Waals surface area contributed by atoms with E-state index in [4.69, 9.17) is 11.6 Å². The number of carbonyl (C=O) groups excluding carboxylic acids is 1. The van der Waals surface area contributed by atoms with Gasteiger partial charge in [0.1, 0.15) is 0 Å². The summed E-state index contributed by atoms with van der Waals surface area (Å²) in [5.41, 5.74) is 5.78. The summed E-state index contributed by atoms with van der Waals surface area (Å²) >= 11 is 7.29. The molecular formula is C23H26ClN5OS. The average molecular weight is 456 g/mol. The number of amides is 1. The molecule has 31 heavy (non-hydrogen) atoms. The smallest absolute Gasteiger partial charge is 0.250 e. The van der Waals surface area contributed by atoms with E-state index in [9.17, 15) is 4.79 Å². The topological polar surface area (TPSA) is 72.2 Å². The largest absolute Gasteiger partial charge is 0.302 e. The van der Waals surface area contributed by atoms with E-state index in [2.05, 4.69) is 53.6 Å². The molecule has 0 aliphatic heterocycles. The maximum Gasteiger partial charge on any atom is 0.250 e. The van der Waals surface area contributed by atoms with Crippen LogP contribution >= 0.6 is 23.4 Å². The lowest BCUT2D eigenvalue weighted by atomic mass is 9.87. The summed E-state index contributed by atoms with van der Waals surface area (Å²) in [6, 6.07) is 15.6. The third kappa shape index (κ3) is 6.18. The molecule has 8 heteroatoms. The Morgan fingerprint density at radius 3 is 2.42 bits per heavy atom. The van der Waals surface area contributed by atoms with Gasteiger partial charge in [-0.1, -0.05) is 68.4 Å². The number of carbonyl (C=O) groups is 1. The predicted octanol–water partition coefficient (Wildman–Crippen LogP) is 5.16. The van der Waals surface area contributed by atoms with Gasteiger partial charge in [0.05, 0.1) is 12.0 Å². The van der Waals surface area contributed by atoms with E-state index in [1.54, 1.807) is 6.21 Å². The lowest BCUT2D eigenvalue weighted by Gasteiger charge is -2.18. The van der Waals surface area contributed by atoms with Crippen LogP contribution in [0.3, 0.4) is 0 Å². The number of halogens is 1. The summed E-state index contributed by atoms with van der Waals surface area (Å²) < 4.78 is 1.97. The summed E-state index contributed by atoms with van der Waals surface area (Å²) in [5, 5.41) is 13.9. The minimum Gasteiger partial charge on any atom is -0.302 e. The second-order valence-electron chi connectivity index (χ2n) is 8.01. The van der Waals surface area contributed by atoms with Gasteiger partial charge in [-0.25, -0.2) is 5.43 Å². The number of benzene rings is 2. The van der Waals surface area contributed by atoms with Gasteiger partial charge < -0.3 is 4.57 Å². The van der Waals surface area contributed by atoms with Gasteiger partial charge in [0.25, 0.3) is 5.91 Å². The van der Waals surface area contributed by atoms with Gasteiger partial charge in [-0.05, 0) is 47.7 Å². The SMILES string of the molecule is CCn1c(SCC(=O)NN=Cc2ccc(C(C)(C)C)cc2)nnc1-c1ccc(Cl)cc1. The highest BCUT2D eigenvalue weighted by atomic mass is 35.5. The van der Waals surface area contributed by atoms with Crippen molar-refractivity contribution in [2.75, 3.05) is 5.75 Å². The third-order valence-electron chi connectivity index (χ3n) is 4.65. The Kier molecular flexibility index (Phi) is 7.51. The highest BCUT2D eigenvalue weighted by molar-refractivity contribution is 7.99. The Labute approximate surface area is 192 Å². The van der Waals surface area contributed by atoms with E-state index in [1.807, 2.05) is 47.9 Å². The highest BCUT2D eigenvalue weighted by Gasteiger charge is 2.15. The zero-order chi connectivity index (χ0) is 22.4. The fourth-order valence-corrected chi connectivity index (χ4v) is 3.82. The minimum atomic E-state index is -0.203. The van der Waals surface area contributed by atoms with Crippen LogP contribution in [0.4, 0.5) is 0 Å². The van der Waals surface area contributed by atoms with Crippen molar-refractivity contribution in [3.8, 4) is 11.4 Å². The average Bonchev–Trinajstić information content (AvgIpc) is 3.15. The maximum atomic E-state index is 12.2. The zero-order valence-electron chi connectivity index (χ0n) is 18.1. The van der Waals surface area contributed by atoms with Crippen LogP contribution in [0.1, 0.15) is 38.8 Å². The molecule has 0 aliphatic rings. The van der Waals surface area contributed by atoms with E-state index in [0.717, 1.165) is 17.0 Å². The number of nitrogens with one attached hydrogen (secondary N) is 1. The Morgan fingerprint density at radius 1 is 1.13 bits per heavy atom. The molecule has 0 fully saturated rings. The molecule has 1 amide bonds. The molecule has 6 nitrogen and oxygen atoms in total. The van der Waals surface area contributed by atoms with E-state index in [0.29, 0.717) is 16.7 Å². The number of hydrogen-bond acceptors (Lipinski definition) is 5. The molecule has 3 rings (SSSR count). The fraction of sp³-hybridized carbons (Fsp3) is 0.304. The van der Waals surface area contributed by atoms with Gasteiger partial charge in [0.15, 0.2) is 11.0 Å². The van der Waals surface area contributed by atoms with Crippen LogP contribution in [0.25, 0.3) is 11.4 Å². The maximum absolute atomic E-state index is 12.2. The Hall–Kier alpha value is -2.64. The second kappa shape index (κ2) is 10.1. The van der Waals surface area contributed by atoms with Crippen molar-refractivity contribution in [2.24, 2.45) is 5.10 Å². The van der Waals surface area contributed by atoms with E-state index in [-0.39, 0.29) is 17.1 Å². The molecule has 0 saturated heterocycles. The monoisotopic (exact) mass is 455 g/mol. The molecule has 1 aromatic heterocycles. The Bertz CT molecular complexity index is 1050. The number of thioether (sulfide) groups is 1. The molecule has 0 spiro atoms. The molecule has 0 bridgehead atoms. The molecule has 162 valence electrons. The van der Waals surface area contributed by atoms with E-state index < -0.39 is 0 Å². The number of nitrogens with zero attached hydrogens (tertiary/aromatic N) is 4. The van der Waals surface area contributed by atoms with Gasteiger partial charge in [-0.15, -0.1) is 10.2 Å². The Balaban J connectivity index is 1.56. The fourth-order valence-electron chi connectivity index (χ4n) is 2.90. The third-order valence-corrected chi connectivity index (χ3v) is 5.87. The molecule has 1 N–H and O–H groups in total. The van der Waals surface area contributed by atoms with E-state index >= 15 is 0 Å². The predicted molar refractivity (Wildman–Crippen MR) is 128 cm³/mol. The molecule has 0 unspecified atom stereocenters. The zero-order valence-corrected chi connectivity index (χ0v) is 19.7. The number of hydrazone groups is 1. The molecule has 3 aromatic rings. The van der Waals surface area contributed by atoms with Crippen LogP contribution in [0.15, 0.2) is 58.8 Å². The minimum absolute atomic E-state index is 0.105. The molecule has 1 heterocycles. The number of rotatable bonds is 7. The second-order valence-corrected chi connectivity index (χ2v) is 9.39. The van der Waals surface area contributed by atoms with Crippen molar-refractivity contribution in [1.82, 2.24) is 20.2 Å². The highest BCUT2D eigenvalue weighted by Crippen LogP contribution is 2.25. The van der Waals surface area contributed by atoms with Gasteiger partial charge in [-0.2, -0.15) is 5.10 Å². The van der Waals surface area contributed by atoms with Crippen LogP contribution in [0.2, 0.25) is 5.02 Å². The van der Waals surface area contributed by atoms with Crippen molar-refractivity contribution in [1.29, 1.82) is 0 Å². The molecule has 0 atom stereocenters. The molecule has 2 aromatic carbocycles. The normalized spacial score (nSPS) is 11.8. The first kappa shape index (κ1) is 23.0. The van der Waals surface area contributed by atoms with Crippen LogP contribution < -0.4 is 5.43 Å². The van der Waals surface area contributed by atoms with Crippen LogP contribution in [-0.2, 0) is 16.8 Å². The van der Waals surface area contributed by atoms with Crippen molar-refractivity contribution in [3.63, 3.8) is 0 Å². The van der Waals surface area contributed by atoms with Crippen LogP contribution in [0.5, 0.6) is 0 Å². The molecule has 0 radical (unpaired) electrons. The summed E-state index contributed by atoms with van der Waals surface area (Å²) in [6.07, 6.45) is 1.64. The van der Waals surface area contributed by atoms with Gasteiger partial charge >= 0.3 is 0 Å². The van der Waals surface area contributed by atoms with Crippen molar-refractivity contribution in [3.05, 3.63) is 64.7 Å². The van der Waals surface area contributed by atoms with Crippen molar-refractivity contribution in [2.45, 2.75) is 44.8 Å². The summed E-state index contributed by atoms with van der Waals surface area (Å²) in [6.45, 7) is 9.23. The van der Waals surface area contributed by atoms with Crippen LogP contribution in [0, 0.1) is 0 Å². The first-order valence-corrected chi connectivity index (χ1v) is 11.4. The Morgan fingerprint density at radius 2 is 1.81 bits per heavy atom. The molecular weight excluding hydrogens is 430 g/mol. The summed E-state index contributed by atoms with van der Waals surface area (Å²) in [7, 11) is 0. The van der Waals surface area contributed by atoms with Crippen LogP contribution in [-0.4, -0.2) is 32.6 Å². The first-order valence-electron chi connectivity index (χ1n) is 10.0.